The van der Waals surface area contributed by atoms with Crippen LogP contribution < -0.4 is 0 Å². The smallest absolute Gasteiger partial charge is 0.306 e. The summed E-state index contributed by atoms with van der Waals surface area (Å²) in [6.07, 6.45) is 58.1. The molecule has 0 saturated carbocycles. The highest BCUT2D eigenvalue weighted by Crippen LogP contribution is 2.18. The van der Waals surface area contributed by atoms with Gasteiger partial charge in [-0.05, 0) is 25.2 Å². The highest BCUT2D eigenvalue weighted by molar-refractivity contribution is 5.71. The van der Waals surface area contributed by atoms with E-state index in [-0.39, 0.29) is 31.1 Å². The fraction of sp³-hybridized carbons (Fsp3) is 0.949. The van der Waals surface area contributed by atoms with Crippen LogP contribution in [0.2, 0.25) is 0 Å². The predicted octanol–water partition coefficient (Wildman–Crippen LogP) is 19.4. The van der Waals surface area contributed by atoms with Gasteiger partial charge in [0, 0.05) is 19.3 Å². The predicted molar refractivity (Wildman–Crippen MR) is 280 cm³/mol. The molecule has 6 heteroatoms. The van der Waals surface area contributed by atoms with Crippen molar-refractivity contribution in [2.24, 2.45) is 5.92 Å². The Balaban J connectivity index is 4.27. The first kappa shape index (κ1) is 63.4. The number of carbonyl (C=O) groups is 3. The molecule has 0 rings (SSSR count). The lowest BCUT2D eigenvalue weighted by Crippen LogP contribution is -2.30. The normalized spacial score (nSPS) is 12.0. The van der Waals surface area contributed by atoms with Gasteiger partial charge in [-0.15, -0.1) is 0 Å². The fourth-order valence-corrected chi connectivity index (χ4v) is 9.10. The van der Waals surface area contributed by atoms with Crippen LogP contribution in [0.15, 0.2) is 0 Å². The average Bonchev–Trinajstić information content (AvgIpc) is 3.29. The molecular formula is C59H114O6. The molecule has 0 unspecified atom stereocenters. The van der Waals surface area contributed by atoms with Crippen molar-refractivity contribution < 1.29 is 28.6 Å². The van der Waals surface area contributed by atoms with Crippen LogP contribution in [-0.4, -0.2) is 37.2 Å². The van der Waals surface area contributed by atoms with E-state index in [0.29, 0.717) is 19.3 Å². The molecule has 0 heterocycles. The van der Waals surface area contributed by atoms with Gasteiger partial charge < -0.3 is 14.2 Å². The van der Waals surface area contributed by atoms with Crippen molar-refractivity contribution in [1.82, 2.24) is 0 Å². The Hall–Kier alpha value is -1.59. The van der Waals surface area contributed by atoms with Crippen LogP contribution >= 0.6 is 0 Å². The quantitative estimate of drug-likeness (QED) is 0.0344. The van der Waals surface area contributed by atoms with Crippen LogP contribution in [0.4, 0.5) is 0 Å². The molecule has 0 aromatic carbocycles. The summed E-state index contributed by atoms with van der Waals surface area (Å²) in [4.78, 5) is 38.1. The minimum absolute atomic E-state index is 0.0621. The molecule has 0 aliphatic heterocycles. The zero-order valence-corrected chi connectivity index (χ0v) is 44.5. The second-order valence-corrected chi connectivity index (χ2v) is 20.8. The molecule has 0 fully saturated rings. The van der Waals surface area contributed by atoms with Crippen LogP contribution in [0.5, 0.6) is 0 Å². The minimum atomic E-state index is -0.762. The average molecular weight is 920 g/mol. The van der Waals surface area contributed by atoms with E-state index in [1.54, 1.807) is 0 Å². The van der Waals surface area contributed by atoms with Crippen LogP contribution in [-0.2, 0) is 28.6 Å². The van der Waals surface area contributed by atoms with Gasteiger partial charge in [0.05, 0.1) is 0 Å². The van der Waals surface area contributed by atoms with Crippen molar-refractivity contribution in [2.45, 2.75) is 342 Å². The topological polar surface area (TPSA) is 78.9 Å². The number of hydrogen-bond acceptors (Lipinski definition) is 6. The first-order valence-corrected chi connectivity index (χ1v) is 29.4. The Labute approximate surface area is 406 Å². The molecule has 6 nitrogen and oxygen atoms in total. The molecule has 0 amide bonds. The largest absolute Gasteiger partial charge is 0.462 e. The second kappa shape index (κ2) is 53.4. The van der Waals surface area contributed by atoms with Crippen LogP contribution in [0.3, 0.4) is 0 Å². The van der Waals surface area contributed by atoms with Gasteiger partial charge in [-0.3, -0.25) is 14.4 Å². The van der Waals surface area contributed by atoms with Crippen molar-refractivity contribution in [3.63, 3.8) is 0 Å². The standard InChI is InChI=1S/C59H114O6/c1-5-7-9-11-13-15-17-19-21-23-25-26-28-30-34-38-42-46-50-57(60)63-53-56(54-64-58(61)51-47-43-39-36-32-33-37-41-45-49-55(3)4)65-59(62)52-48-44-40-35-31-29-27-24-22-20-18-16-14-12-10-8-6-2/h55-56H,5-54H2,1-4H3/t56-/m0/s1. The Kier molecular flexibility index (Phi) is 52.1. The van der Waals surface area contributed by atoms with Crippen LogP contribution in [0, 0.1) is 5.92 Å². The third kappa shape index (κ3) is 53.2. The van der Waals surface area contributed by atoms with E-state index in [9.17, 15) is 14.4 Å². The van der Waals surface area contributed by atoms with Crippen LogP contribution in [0.1, 0.15) is 336 Å². The number of rotatable bonds is 54. The third-order valence-electron chi connectivity index (χ3n) is 13.5. The lowest BCUT2D eigenvalue weighted by Gasteiger charge is -2.18. The van der Waals surface area contributed by atoms with Crippen molar-refractivity contribution in [3.05, 3.63) is 0 Å². The zero-order valence-electron chi connectivity index (χ0n) is 44.5. The Morgan fingerprint density at radius 3 is 0.754 bits per heavy atom. The SMILES string of the molecule is CCCCCCCCCCCCCCCCCCCCC(=O)OC[C@@H](COC(=O)CCCCCCCCCCCC(C)C)OC(=O)CCCCCCCCCCCCCCCCCCC. The van der Waals surface area contributed by atoms with Crippen molar-refractivity contribution in [3.8, 4) is 0 Å². The monoisotopic (exact) mass is 919 g/mol. The summed E-state index contributed by atoms with van der Waals surface area (Å²) in [6.45, 7) is 9.04. The zero-order chi connectivity index (χ0) is 47.4. The summed E-state index contributed by atoms with van der Waals surface area (Å²) in [5, 5.41) is 0. The molecule has 0 aliphatic rings. The van der Waals surface area contributed by atoms with Crippen molar-refractivity contribution in [2.75, 3.05) is 13.2 Å². The van der Waals surface area contributed by atoms with Crippen molar-refractivity contribution in [1.29, 1.82) is 0 Å². The molecule has 0 saturated heterocycles. The molecule has 0 N–H and O–H groups in total. The Morgan fingerprint density at radius 1 is 0.292 bits per heavy atom. The summed E-state index contributed by atoms with van der Waals surface area (Å²) >= 11 is 0. The lowest BCUT2D eigenvalue weighted by atomic mass is 10.0. The number of ether oxygens (including phenoxy) is 3. The number of unbranched alkanes of at least 4 members (excludes halogenated alkanes) is 41. The summed E-state index contributed by atoms with van der Waals surface area (Å²) in [5.74, 6) is -0.0277. The maximum Gasteiger partial charge on any atom is 0.306 e. The molecule has 0 bridgehead atoms. The van der Waals surface area contributed by atoms with Gasteiger partial charge in [0.15, 0.2) is 6.10 Å². The van der Waals surface area contributed by atoms with E-state index >= 15 is 0 Å². The van der Waals surface area contributed by atoms with E-state index in [2.05, 4.69) is 27.7 Å². The Morgan fingerprint density at radius 2 is 0.508 bits per heavy atom. The molecular weight excluding hydrogens is 805 g/mol. The molecule has 0 aromatic heterocycles. The van der Waals surface area contributed by atoms with E-state index in [1.165, 1.54) is 231 Å². The summed E-state index contributed by atoms with van der Waals surface area (Å²) < 4.78 is 16.9. The molecule has 0 aliphatic carbocycles. The van der Waals surface area contributed by atoms with Gasteiger partial charge in [-0.1, -0.05) is 297 Å². The molecule has 0 radical (unpaired) electrons. The van der Waals surface area contributed by atoms with Gasteiger partial charge in [0.2, 0.25) is 0 Å². The molecule has 0 spiro atoms. The highest BCUT2D eigenvalue weighted by atomic mass is 16.6. The first-order chi connectivity index (χ1) is 31.9. The van der Waals surface area contributed by atoms with E-state index in [1.807, 2.05) is 0 Å². The first-order valence-electron chi connectivity index (χ1n) is 29.4. The second-order valence-electron chi connectivity index (χ2n) is 20.8. The molecule has 386 valence electrons. The van der Waals surface area contributed by atoms with E-state index in [4.69, 9.17) is 14.2 Å². The van der Waals surface area contributed by atoms with E-state index in [0.717, 1.165) is 63.7 Å². The minimum Gasteiger partial charge on any atom is -0.462 e. The summed E-state index contributed by atoms with van der Waals surface area (Å²) in [5.41, 5.74) is 0. The maximum atomic E-state index is 12.9. The Bertz CT molecular complexity index is 980. The number of hydrogen-bond donors (Lipinski definition) is 0. The van der Waals surface area contributed by atoms with E-state index < -0.39 is 6.10 Å². The van der Waals surface area contributed by atoms with Gasteiger partial charge in [0.25, 0.3) is 0 Å². The number of esters is 3. The third-order valence-corrected chi connectivity index (χ3v) is 13.5. The van der Waals surface area contributed by atoms with Gasteiger partial charge in [0.1, 0.15) is 13.2 Å². The molecule has 65 heavy (non-hydrogen) atoms. The molecule has 0 aromatic rings. The summed E-state index contributed by atoms with van der Waals surface area (Å²) in [7, 11) is 0. The van der Waals surface area contributed by atoms with Crippen molar-refractivity contribution >= 4 is 17.9 Å². The lowest BCUT2D eigenvalue weighted by molar-refractivity contribution is -0.167. The van der Waals surface area contributed by atoms with Gasteiger partial charge >= 0.3 is 17.9 Å². The molecule has 1 atom stereocenters. The highest BCUT2D eigenvalue weighted by Gasteiger charge is 2.19. The fourth-order valence-electron chi connectivity index (χ4n) is 9.10. The van der Waals surface area contributed by atoms with Gasteiger partial charge in [-0.25, -0.2) is 0 Å². The van der Waals surface area contributed by atoms with Gasteiger partial charge in [-0.2, -0.15) is 0 Å². The van der Waals surface area contributed by atoms with Crippen LogP contribution in [0.25, 0.3) is 0 Å². The summed E-state index contributed by atoms with van der Waals surface area (Å²) in [6, 6.07) is 0. The number of carbonyl (C=O) groups excluding carboxylic acids is 3. The maximum absolute atomic E-state index is 12.9.